The first-order chi connectivity index (χ1) is 14.6. The number of ether oxygens (including phenoxy) is 3. The monoisotopic (exact) mass is 409 g/mol. The number of para-hydroxylation sites is 1. The van der Waals surface area contributed by atoms with Gasteiger partial charge in [-0.15, -0.1) is 0 Å². The van der Waals surface area contributed by atoms with Crippen molar-refractivity contribution in [2.45, 2.75) is 19.9 Å². The molecule has 0 aliphatic rings. The molecule has 7 nitrogen and oxygen atoms in total. The molecule has 0 aliphatic carbocycles. The number of nitrogens with zero attached hydrogens (tertiary/aromatic N) is 2. The van der Waals surface area contributed by atoms with Crippen molar-refractivity contribution < 1.29 is 19.0 Å². The number of hydrogen-bond acceptors (Lipinski definition) is 5. The minimum absolute atomic E-state index is 0.161. The standard InChI is InChI=1S/C23H27N3O4/c1-5-26-19(15-18(25-26)17-8-6-7-9-20(17)28-2)23(27)24-13-12-16-10-11-21(29-3)22(14-16)30-4/h6-11,14-15H,5,12-13H2,1-4H3,(H,24,27). The zero-order valence-electron chi connectivity index (χ0n) is 17.8. The van der Waals surface area contributed by atoms with Gasteiger partial charge in [0.1, 0.15) is 11.4 Å². The lowest BCUT2D eigenvalue weighted by molar-refractivity contribution is 0.0943. The Hall–Kier alpha value is -3.48. The lowest BCUT2D eigenvalue weighted by Crippen LogP contribution is -2.28. The van der Waals surface area contributed by atoms with Crippen LogP contribution in [0.15, 0.2) is 48.5 Å². The fourth-order valence-electron chi connectivity index (χ4n) is 3.28. The van der Waals surface area contributed by atoms with Crippen molar-refractivity contribution in [2.75, 3.05) is 27.9 Å². The van der Waals surface area contributed by atoms with Crippen molar-refractivity contribution in [3.8, 4) is 28.5 Å². The number of aromatic nitrogens is 2. The molecule has 0 saturated carbocycles. The van der Waals surface area contributed by atoms with Crippen molar-refractivity contribution >= 4 is 5.91 Å². The van der Waals surface area contributed by atoms with Crippen molar-refractivity contribution in [2.24, 2.45) is 0 Å². The van der Waals surface area contributed by atoms with Gasteiger partial charge in [0.2, 0.25) is 0 Å². The number of rotatable bonds is 9. The van der Waals surface area contributed by atoms with Crippen molar-refractivity contribution in [1.29, 1.82) is 0 Å². The number of carbonyl (C=O) groups excluding carboxylic acids is 1. The van der Waals surface area contributed by atoms with Gasteiger partial charge in [0.25, 0.3) is 5.91 Å². The van der Waals surface area contributed by atoms with Crippen LogP contribution in [0.5, 0.6) is 17.2 Å². The molecule has 3 aromatic rings. The molecule has 0 radical (unpaired) electrons. The Balaban J connectivity index is 1.71. The van der Waals surface area contributed by atoms with Crippen LogP contribution < -0.4 is 19.5 Å². The molecule has 1 amide bonds. The first kappa shape index (κ1) is 21.2. The maximum Gasteiger partial charge on any atom is 0.269 e. The van der Waals surface area contributed by atoms with E-state index in [0.29, 0.717) is 42.4 Å². The molecule has 158 valence electrons. The average molecular weight is 409 g/mol. The molecule has 7 heteroatoms. The molecule has 0 unspecified atom stereocenters. The molecule has 1 N–H and O–H groups in total. The van der Waals surface area contributed by atoms with E-state index in [0.717, 1.165) is 16.9 Å². The van der Waals surface area contributed by atoms with Gasteiger partial charge >= 0.3 is 0 Å². The Bertz CT molecular complexity index is 1010. The highest BCUT2D eigenvalue weighted by molar-refractivity contribution is 5.94. The summed E-state index contributed by atoms with van der Waals surface area (Å²) in [6.07, 6.45) is 0.672. The van der Waals surface area contributed by atoms with Gasteiger partial charge in [-0.2, -0.15) is 5.10 Å². The second kappa shape index (κ2) is 9.82. The molecule has 1 heterocycles. The summed E-state index contributed by atoms with van der Waals surface area (Å²) in [6.45, 7) is 3.04. The first-order valence-electron chi connectivity index (χ1n) is 9.81. The van der Waals surface area contributed by atoms with Crippen LogP contribution in [0.2, 0.25) is 0 Å². The fourth-order valence-corrected chi connectivity index (χ4v) is 3.28. The third-order valence-electron chi connectivity index (χ3n) is 4.84. The van der Waals surface area contributed by atoms with Crippen LogP contribution in [0.4, 0.5) is 0 Å². The van der Waals surface area contributed by atoms with Crippen molar-refractivity contribution in [3.63, 3.8) is 0 Å². The van der Waals surface area contributed by atoms with Gasteiger partial charge in [-0.25, -0.2) is 0 Å². The summed E-state index contributed by atoms with van der Waals surface area (Å²) < 4.78 is 17.7. The highest BCUT2D eigenvalue weighted by Gasteiger charge is 2.17. The normalized spacial score (nSPS) is 10.5. The topological polar surface area (TPSA) is 74.6 Å². The summed E-state index contributed by atoms with van der Waals surface area (Å²) in [5.41, 5.74) is 3.13. The minimum Gasteiger partial charge on any atom is -0.496 e. The highest BCUT2D eigenvalue weighted by atomic mass is 16.5. The Morgan fingerprint density at radius 1 is 0.967 bits per heavy atom. The second-order valence-corrected chi connectivity index (χ2v) is 6.63. The van der Waals surface area contributed by atoms with Crippen LogP contribution in [-0.2, 0) is 13.0 Å². The van der Waals surface area contributed by atoms with Gasteiger partial charge in [0, 0.05) is 18.7 Å². The largest absolute Gasteiger partial charge is 0.496 e. The lowest BCUT2D eigenvalue weighted by Gasteiger charge is -2.10. The summed E-state index contributed by atoms with van der Waals surface area (Å²) in [5, 5.41) is 7.56. The van der Waals surface area contributed by atoms with Gasteiger partial charge in [-0.1, -0.05) is 18.2 Å². The van der Waals surface area contributed by atoms with Gasteiger partial charge < -0.3 is 19.5 Å². The van der Waals surface area contributed by atoms with Crippen molar-refractivity contribution in [3.05, 3.63) is 59.8 Å². The molecular formula is C23H27N3O4. The van der Waals surface area contributed by atoms with Crippen LogP contribution >= 0.6 is 0 Å². The van der Waals surface area contributed by atoms with Crippen LogP contribution in [0.3, 0.4) is 0 Å². The van der Waals surface area contributed by atoms with E-state index in [9.17, 15) is 4.79 Å². The number of hydrogen-bond donors (Lipinski definition) is 1. The van der Waals surface area contributed by atoms with Crippen LogP contribution in [0, 0.1) is 0 Å². The SMILES string of the molecule is CCn1nc(-c2ccccc2OC)cc1C(=O)NCCc1ccc(OC)c(OC)c1. The lowest BCUT2D eigenvalue weighted by atomic mass is 10.1. The molecule has 0 saturated heterocycles. The Morgan fingerprint density at radius 3 is 2.40 bits per heavy atom. The van der Waals surface area contributed by atoms with Crippen LogP contribution in [-0.4, -0.2) is 43.6 Å². The summed E-state index contributed by atoms with van der Waals surface area (Å²) in [6, 6.07) is 15.2. The fraction of sp³-hybridized carbons (Fsp3) is 0.304. The van der Waals surface area contributed by atoms with E-state index < -0.39 is 0 Å². The Labute approximate surface area is 176 Å². The Kier molecular flexibility index (Phi) is 6.95. The van der Waals surface area contributed by atoms with Crippen LogP contribution in [0.25, 0.3) is 11.3 Å². The molecule has 0 spiro atoms. The first-order valence-corrected chi connectivity index (χ1v) is 9.81. The quantitative estimate of drug-likeness (QED) is 0.585. The number of amides is 1. The second-order valence-electron chi connectivity index (χ2n) is 6.63. The minimum atomic E-state index is -0.161. The maximum atomic E-state index is 12.8. The zero-order chi connectivity index (χ0) is 21.5. The van der Waals surface area contributed by atoms with E-state index >= 15 is 0 Å². The molecule has 3 rings (SSSR count). The number of aryl methyl sites for hydroxylation is 1. The van der Waals surface area contributed by atoms with E-state index in [1.165, 1.54) is 0 Å². The summed E-state index contributed by atoms with van der Waals surface area (Å²) in [4.78, 5) is 12.8. The van der Waals surface area contributed by atoms with E-state index in [-0.39, 0.29) is 5.91 Å². The Morgan fingerprint density at radius 2 is 1.70 bits per heavy atom. The third kappa shape index (κ3) is 4.56. The van der Waals surface area contributed by atoms with Gasteiger partial charge in [-0.05, 0) is 49.2 Å². The average Bonchev–Trinajstić information content (AvgIpc) is 3.23. The van der Waals surface area contributed by atoms with E-state index in [1.54, 1.807) is 32.1 Å². The molecule has 30 heavy (non-hydrogen) atoms. The van der Waals surface area contributed by atoms with Gasteiger partial charge in [0.15, 0.2) is 11.5 Å². The number of carbonyl (C=O) groups is 1. The maximum absolute atomic E-state index is 12.8. The molecule has 0 bridgehead atoms. The van der Waals surface area contributed by atoms with Gasteiger partial charge in [0.05, 0.1) is 27.0 Å². The summed E-state index contributed by atoms with van der Waals surface area (Å²) >= 11 is 0. The number of benzene rings is 2. The van der Waals surface area contributed by atoms with E-state index in [4.69, 9.17) is 14.2 Å². The predicted octanol–water partition coefficient (Wildman–Crippen LogP) is 3.57. The van der Waals surface area contributed by atoms with Crippen molar-refractivity contribution in [1.82, 2.24) is 15.1 Å². The smallest absolute Gasteiger partial charge is 0.269 e. The number of methoxy groups -OCH3 is 3. The molecule has 0 aliphatic heterocycles. The summed E-state index contributed by atoms with van der Waals surface area (Å²) in [5.74, 6) is 1.91. The number of nitrogens with one attached hydrogen (secondary N) is 1. The van der Waals surface area contributed by atoms with Crippen LogP contribution in [0.1, 0.15) is 23.0 Å². The molecule has 0 fully saturated rings. The zero-order valence-corrected chi connectivity index (χ0v) is 17.8. The summed E-state index contributed by atoms with van der Waals surface area (Å²) in [7, 11) is 4.83. The third-order valence-corrected chi connectivity index (χ3v) is 4.84. The predicted molar refractivity (Wildman–Crippen MR) is 115 cm³/mol. The molecule has 2 aromatic carbocycles. The molecule has 1 aromatic heterocycles. The van der Waals surface area contributed by atoms with E-state index in [2.05, 4.69) is 10.4 Å². The highest BCUT2D eigenvalue weighted by Crippen LogP contribution is 2.29. The van der Waals surface area contributed by atoms with E-state index in [1.807, 2.05) is 49.4 Å². The molecule has 0 atom stereocenters. The molecular weight excluding hydrogens is 382 g/mol. The van der Waals surface area contributed by atoms with Gasteiger partial charge in [-0.3, -0.25) is 9.48 Å².